The molecule has 0 saturated heterocycles. The zero-order valence-electron chi connectivity index (χ0n) is 26.7. The minimum absolute atomic E-state index is 0.178. The van der Waals surface area contributed by atoms with Crippen molar-refractivity contribution in [3.8, 4) is 0 Å². The van der Waals surface area contributed by atoms with E-state index >= 15 is 0 Å². The van der Waals surface area contributed by atoms with Gasteiger partial charge in [-0.3, -0.25) is 0 Å². The van der Waals surface area contributed by atoms with E-state index in [-0.39, 0.29) is 4.90 Å². The Morgan fingerprint density at radius 2 is 0.872 bits per heavy atom. The normalized spacial score (nSPS) is 13.1. The Labute approximate surface area is 244 Å². The zero-order valence-corrected chi connectivity index (χ0v) is 27.5. The molecule has 230 valence electrons. The monoisotopic (exact) mass is 567 g/mol. The van der Waals surface area contributed by atoms with Crippen LogP contribution < -0.4 is 0 Å². The van der Waals surface area contributed by atoms with Gasteiger partial charge in [-0.2, -0.15) is 0 Å². The van der Waals surface area contributed by atoms with Gasteiger partial charge in [0.2, 0.25) is 0 Å². The molecule has 0 aliphatic rings. The van der Waals surface area contributed by atoms with Crippen LogP contribution in [0.2, 0.25) is 0 Å². The third-order valence-corrected chi connectivity index (χ3v) is 8.78. The molecule has 0 amide bonds. The van der Waals surface area contributed by atoms with Crippen molar-refractivity contribution in [2.75, 3.05) is 26.7 Å². The lowest BCUT2D eigenvalue weighted by Gasteiger charge is -2.34. The molecule has 0 aromatic heterocycles. The fourth-order valence-corrected chi connectivity index (χ4v) is 5.83. The minimum Gasteiger partial charge on any atom is -0.744 e. The molecular weight excluding hydrogens is 502 g/mol. The number of quaternary nitrogens is 1. The zero-order chi connectivity index (χ0) is 29.2. The molecule has 0 aliphatic carbocycles. The largest absolute Gasteiger partial charge is 0.744 e. The minimum atomic E-state index is -4.27. The van der Waals surface area contributed by atoms with Crippen molar-refractivity contribution >= 4 is 10.1 Å². The molecule has 0 aliphatic heterocycles. The number of rotatable bonds is 24. The Hall–Kier alpha value is -0.910. The molecule has 1 aromatic rings. The summed E-state index contributed by atoms with van der Waals surface area (Å²) < 4.78 is 32.5. The van der Waals surface area contributed by atoms with Crippen molar-refractivity contribution in [3.63, 3.8) is 0 Å². The first-order valence-corrected chi connectivity index (χ1v) is 18.0. The van der Waals surface area contributed by atoms with Gasteiger partial charge in [-0.25, -0.2) is 8.42 Å². The molecule has 0 N–H and O–H groups in total. The summed E-state index contributed by atoms with van der Waals surface area (Å²) >= 11 is 0. The fourth-order valence-electron chi connectivity index (χ4n) is 5.37. The standard InChI is InChI=1S/C27H58N.C7H8O3S/c1-5-8-10-12-14-16-18-20-22-24-27-28(4,25-7-3)26-23-21-19-17-15-13-11-9-6-2;1-6-2-4-7(5-3-6)11(8,9)10/h5-27H2,1-4H3;2-5H,1H3,(H,8,9,10)/q+1;/p-1. The molecule has 0 bridgehead atoms. The molecule has 0 saturated carbocycles. The first-order chi connectivity index (χ1) is 18.7. The van der Waals surface area contributed by atoms with E-state index in [2.05, 4.69) is 27.8 Å². The van der Waals surface area contributed by atoms with E-state index in [9.17, 15) is 13.0 Å². The van der Waals surface area contributed by atoms with E-state index in [0.29, 0.717) is 0 Å². The van der Waals surface area contributed by atoms with E-state index in [1.54, 1.807) is 12.1 Å². The van der Waals surface area contributed by atoms with Crippen LogP contribution in [0.5, 0.6) is 0 Å². The SMILES string of the molecule is CCCCCCCCCCCC[N+](C)(CCC)CCCCCCCCCCC.Cc1ccc(S(=O)(=O)[O-])cc1. The number of aryl methyl sites for hydroxylation is 1. The second-order valence-corrected chi connectivity index (χ2v) is 13.4. The van der Waals surface area contributed by atoms with Crippen LogP contribution in [-0.4, -0.2) is 44.1 Å². The van der Waals surface area contributed by atoms with Gasteiger partial charge in [0.05, 0.1) is 31.6 Å². The lowest BCUT2D eigenvalue weighted by molar-refractivity contribution is -0.910. The molecule has 0 spiro atoms. The van der Waals surface area contributed by atoms with Crippen LogP contribution in [0.25, 0.3) is 0 Å². The summed E-state index contributed by atoms with van der Waals surface area (Å²) in [5.41, 5.74) is 0.928. The van der Waals surface area contributed by atoms with Gasteiger partial charge in [0.1, 0.15) is 10.1 Å². The number of unbranched alkanes of at least 4 members (excludes halogenated alkanes) is 17. The Bertz CT molecular complexity index is 763. The quantitative estimate of drug-likeness (QED) is 0.0709. The highest BCUT2D eigenvalue weighted by Crippen LogP contribution is 2.16. The van der Waals surface area contributed by atoms with Crippen molar-refractivity contribution in [1.29, 1.82) is 0 Å². The highest BCUT2D eigenvalue weighted by atomic mass is 32.2. The molecule has 1 rings (SSSR count). The molecule has 1 aromatic carbocycles. The molecule has 39 heavy (non-hydrogen) atoms. The van der Waals surface area contributed by atoms with E-state index in [1.165, 1.54) is 165 Å². The maximum absolute atomic E-state index is 10.4. The Morgan fingerprint density at radius 1 is 0.538 bits per heavy atom. The molecule has 0 fully saturated rings. The van der Waals surface area contributed by atoms with Crippen molar-refractivity contribution in [2.45, 2.75) is 161 Å². The molecule has 4 nitrogen and oxygen atoms in total. The second kappa shape index (κ2) is 24.9. The van der Waals surface area contributed by atoms with Crippen LogP contribution in [0.4, 0.5) is 0 Å². The average molecular weight is 568 g/mol. The predicted octanol–water partition coefficient (Wildman–Crippen LogP) is 10.2. The maximum atomic E-state index is 10.4. The van der Waals surface area contributed by atoms with Crippen LogP contribution in [0.3, 0.4) is 0 Å². The smallest absolute Gasteiger partial charge is 0.124 e. The van der Waals surface area contributed by atoms with Crippen LogP contribution in [0.15, 0.2) is 29.2 Å². The number of hydrogen-bond donors (Lipinski definition) is 0. The predicted molar refractivity (Wildman–Crippen MR) is 169 cm³/mol. The summed E-state index contributed by atoms with van der Waals surface area (Å²) in [5.74, 6) is 0. The molecule has 1 unspecified atom stereocenters. The van der Waals surface area contributed by atoms with Crippen molar-refractivity contribution in [1.82, 2.24) is 0 Å². The van der Waals surface area contributed by atoms with Gasteiger partial charge >= 0.3 is 0 Å². The van der Waals surface area contributed by atoms with Crippen LogP contribution in [0.1, 0.15) is 155 Å². The molecule has 5 heteroatoms. The van der Waals surface area contributed by atoms with Crippen LogP contribution in [-0.2, 0) is 10.1 Å². The van der Waals surface area contributed by atoms with Crippen molar-refractivity contribution in [3.05, 3.63) is 29.8 Å². The number of hydrogen-bond acceptors (Lipinski definition) is 3. The first-order valence-electron chi connectivity index (χ1n) is 16.5. The number of nitrogens with zero attached hydrogens (tertiary/aromatic N) is 1. The van der Waals surface area contributed by atoms with Gasteiger partial charge in [-0.1, -0.05) is 135 Å². The molecular formula is C34H65NO3S. The lowest BCUT2D eigenvalue weighted by Crippen LogP contribution is -2.46. The summed E-state index contributed by atoms with van der Waals surface area (Å²) in [4.78, 5) is -0.178. The Kier molecular flexibility index (Phi) is 24.3. The molecule has 0 heterocycles. The Balaban J connectivity index is 0.00000108. The van der Waals surface area contributed by atoms with Gasteiger partial charge in [0, 0.05) is 0 Å². The van der Waals surface area contributed by atoms with Gasteiger partial charge in [-0.05, 0) is 51.2 Å². The average Bonchev–Trinajstić information content (AvgIpc) is 2.89. The lowest BCUT2D eigenvalue weighted by atomic mass is 10.1. The first kappa shape index (κ1) is 38.1. The van der Waals surface area contributed by atoms with Crippen molar-refractivity contribution < 1.29 is 17.5 Å². The molecule has 0 radical (unpaired) electrons. The summed E-state index contributed by atoms with van der Waals surface area (Å²) in [6, 6.07) is 5.78. The Morgan fingerprint density at radius 3 is 1.18 bits per heavy atom. The summed E-state index contributed by atoms with van der Waals surface area (Å²) in [6.07, 6.45) is 28.9. The fraction of sp³-hybridized carbons (Fsp3) is 0.824. The summed E-state index contributed by atoms with van der Waals surface area (Å²) in [7, 11) is -1.74. The molecule has 1 atom stereocenters. The van der Waals surface area contributed by atoms with Gasteiger partial charge < -0.3 is 9.04 Å². The van der Waals surface area contributed by atoms with E-state index in [4.69, 9.17) is 0 Å². The maximum Gasteiger partial charge on any atom is 0.124 e. The van der Waals surface area contributed by atoms with Gasteiger partial charge in [0.15, 0.2) is 0 Å². The van der Waals surface area contributed by atoms with Gasteiger partial charge in [-0.15, -0.1) is 0 Å². The van der Waals surface area contributed by atoms with Crippen LogP contribution in [0, 0.1) is 6.92 Å². The highest BCUT2D eigenvalue weighted by Gasteiger charge is 2.19. The highest BCUT2D eigenvalue weighted by molar-refractivity contribution is 7.85. The van der Waals surface area contributed by atoms with Crippen molar-refractivity contribution in [2.24, 2.45) is 0 Å². The second-order valence-electron chi connectivity index (χ2n) is 12.1. The summed E-state index contributed by atoms with van der Waals surface area (Å²) in [5, 5.41) is 0. The van der Waals surface area contributed by atoms with E-state index in [0.717, 1.165) is 5.56 Å². The topological polar surface area (TPSA) is 57.2 Å². The van der Waals surface area contributed by atoms with E-state index < -0.39 is 10.1 Å². The van der Waals surface area contributed by atoms with E-state index in [1.807, 2.05) is 6.92 Å². The summed E-state index contributed by atoms with van der Waals surface area (Å²) in [6.45, 7) is 13.0. The third-order valence-electron chi connectivity index (χ3n) is 7.93. The van der Waals surface area contributed by atoms with Gasteiger partial charge in [0.25, 0.3) is 0 Å². The number of benzene rings is 1. The van der Waals surface area contributed by atoms with Crippen LogP contribution >= 0.6 is 0 Å². The third kappa shape index (κ3) is 23.5.